The van der Waals surface area contributed by atoms with Crippen LogP contribution in [0, 0.1) is 22.7 Å². The first kappa shape index (κ1) is 37.9. The van der Waals surface area contributed by atoms with Gasteiger partial charge in [-0.1, -0.05) is 97.1 Å². The van der Waals surface area contributed by atoms with E-state index in [1.807, 2.05) is 82.8 Å². The van der Waals surface area contributed by atoms with Gasteiger partial charge in [-0.3, -0.25) is 0 Å². The van der Waals surface area contributed by atoms with Crippen molar-refractivity contribution >= 4 is 54.8 Å². The fourth-order valence-electron chi connectivity index (χ4n) is 8.79. The van der Waals surface area contributed by atoms with Crippen LogP contribution in [0.25, 0.3) is 77.3 Å². The van der Waals surface area contributed by atoms with Crippen LogP contribution < -0.4 is 0 Å². The number of nitrogens with zero attached hydrogens (tertiary/aromatic N) is 4. The fourth-order valence-corrected chi connectivity index (χ4v) is 8.79. The molecule has 0 saturated heterocycles. The summed E-state index contributed by atoms with van der Waals surface area (Å²) in [7, 11) is 0. The van der Waals surface area contributed by atoms with Gasteiger partial charge in [-0.25, -0.2) is 0 Å². The van der Waals surface area contributed by atoms with Gasteiger partial charge in [-0.15, -0.1) is 0 Å². The highest BCUT2D eigenvalue weighted by Gasteiger charge is 2.32. The van der Waals surface area contributed by atoms with Crippen molar-refractivity contribution in [3.8, 4) is 34.6 Å². The second-order valence-electron chi connectivity index (χ2n) is 15.3. The van der Waals surface area contributed by atoms with Gasteiger partial charge in [0.05, 0.1) is 50.6 Å². The summed E-state index contributed by atoms with van der Waals surface area (Å²) in [4.78, 5) is 0. The molecular weight excluding hydrogens is 750 g/mol. The van der Waals surface area contributed by atoms with Gasteiger partial charge in [0.15, 0.2) is 0 Å². The molecule has 1 aliphatic rings. The molecule has 8 aromatic rings. The Kier molecular flexibility index (Phi) is 9.26. The lowest BCUT2D eigenvalue weighted by Crippen LogP contribution is -2.07. The molecule has 0 aliphatic heterocycles. The van der Waals surface area contributed by atoms with Crippen molar-refractivity contribution in [1.82, 2.24) is 9.13 Å². The topological polar surface area (TPSA) is 57.4 Å². The van der Waals surface area contributed by atoms with Crippen LogP contribution in [0.15, 0.2) is 164 Å². The Morgan fingerprint density at radius 1 is 0.700 bits per heavy atom. The highest BCUT2D eigenvalue weighted by Crippen LogP contribution is 2.43. The molecule has 0 amide bonds. The van der Waals surface area contributed by atoms with E-state index in [0.717, 1.165) is 90.9 Å². The van der Waals surface area contributed by atoms with Crippen molar-refractivity contribution < 1.29 is 13.2 Å². The number of benzene rings is 6. The Bertz CT molecular complexity index is 3330. The lowest BCUT2D eigenvalue weighted by Gasteiger charge is -2.19. The third-order valence-corrected chi connectivity index (χ3v) is 11.6. The van der Waals surface area contributed by atoms with Crippen molar-refractivity contribution in [1.29, 1.82) is 10.5 Å². The van der Waals surface area contributed by atoms with E-state index in [1.165, 1.54) is 17.2 Å². The van der Waals surface area contributed by atoms with Gasteiger partial charge in [-0.05, 0) is 127 Å². The van der Waals surface area contributed by atoms with E-state index in [9.17, 15) is 23.7 Å². The molecule has 0 N–H and O–H groups in total. The molecule has 0 unspecified atom stereocenters. The van der Waals surface area contributed by atoms with Crippen LogP contribution in [0.4, 0.5) is 13.2 Å². The predicted octanol–water partition coefficient (Wildman–Crippen LogP) is 14.6. The first-order valence-electron chi connectivity index (χ1n) is 19.6. The number of nitriles is 2. The van der Waals surface area contributed by atoms with Gasteiger partial charge >= 0.3 is 6.18 Å². The van der Waals surface area contributed by atoms with Crippen molar-refractivity contribution in [3.63, 3.8) is 0 Å². The Balaban J connectivity index is 1.41. The SMILES string of the molecule is C=C/C=C(\C(=C)C)c1ccc2c(c1)c1ccccc1n2-c1cc(-c2cc(C#N)cc(C(F)(F)F)c2)cc(-n2c3ccccc3c3cc(C4=C(C)CCC=C4)ccc32)c1C#N. The third-order valence-electron chi connectivity index (χ3n) is 11.6. The average molecular weight is 787 g/mol. The lowest BCUT2D eigenvalue weighted by molar-refractivity contribution is -0.137. The van der Waals surface area contributed by atoms with Crippen molar-refractivity contribution in [2.75, 3.05) is 0 Å². The molecule has 4 nitrogen and oxygen atoms in total. The van der Waals surface area contributed by atoms with Gasteiger partial charge < -0.3 is 9.13 Å². The summed E-state index contributed by atoms with van der Waals surface area (Å²) in [5, 5.41) is 25.1. The van der Waals surface area contributed by atoms with Crippen molar-refractivity contribution in [2.45, 2.75) is 32.9 Å². The van der Waals surface area contributed by atoms with E-state index in [2.05, 4.69) is 68.6 Å². The predicted molar refractivity (Wildman–Crippen MR) is 239 cm³/mol. The monoisotopic (exact) mass is 786 g/mol. The maximum atomic E-state index is 14.4. The van der Waals surface area contributed by atoms with Crippen LogP contribution in [0.5, 0.6) is 0 Å². The molecule has 0 fully saturated rings. The van der Waals surface area contributed by atoms with Crippen LogP contribution in [0.2, 0.25) is 0 Å². The minimum absolute atomic E-state index is 0.122. The Hall–Kier alpha value is -7.61. The summed E-state index contributed by atoms with van der Waals surface area (Å²) < 4.78 is 47.3. The van der Waals surface area contributed by atoms with E-state index in [-0.39, 0.29) is 11.1 Å². The summed E-state index contributed by atoms with van der Waals surface area (Å²) in [6.07, 6.45) is 5.32. The summed E-state index contributed by atoms with van der Waals surface area (Å²) >= 11 is 0. The van der Waals surface area contributed by atoms with E-state index in [4.69, 9.17) is 0 Å². The maximum absolute atomic E-state index is 14.4. The van der Waals surface area contributed by atoms with Crippen molar-refractivity contribution in [2.24, 2.45) is 0 Å². The smallest absolute Gasteiger partial charge is 0.308 e. The van der Waals surface area contributed by atoms with Gasteiger partial charge in [0, 0.05) is 21.5 Å². The molecular formula is C53H37F3N4. The maximum Gasteiger partial charge on any atom is 0.416 e. The van der Waals surface area contributed by atoms with Crippen LogP contribution in [-0.4, -0.2) is 9.13 Å². The zero-order chi connectivity index (χ0) is 41.9. The number of rotatable bonds is 7. The summed E-state index contributed by atoms with van der Waals surface area (Å²) in [5.74, 6) is 0. The number of allylic oxidation sites excluding steroid dienone is 8. The van der Waals surface area contributed by atoms with Gasteiger partial charge in [0.1, 0.15) is 11.6 Å². The molecule has 2 aromatic heterocycles. The molecule has 0 bridgehead atoms. The number of fused-ring (bicyclic) bond motifs is 6. The number of hydrogen-bond donors (Lipinski definition) is 0. The normalized spacial score (nSPS) is 13.3. The molecule has 60 heavy (non-hydrogen) atoms. The zero-order valence-corrected chi connectivity index (χ0v) is 33.0. The lowest BCUT2D eigenvalue weighted by atomic mass is 9.92. The average Bonchev–Trinajstić information content (AvgIpc) is 3.76. The second kappa shape index (κ2) is 14.6. The molecule has 0 atom stereocenters. The standard InChI is InChI=1S/C53H37F3N4/c1-5-12-40(32(2)3)35-19-21-49-44(26-35)42-15-8-10-17-47(42)59(49)51-28-38(37-23-34(30-57)24-39(25-37)53(54,55)56)29-52(46(51)31-58)60-48-18-11-9-16-43(48)45-27-36(20-22-50(45)60)41-14-7-6-13-33(41)4/h5,7-12,14-29H,1-2,6,13H2,3-4H3/b40-12+. The number of aromatic nitrogens is 2. The summed E-state index contributed by atoms with van der Waals surface area (Å²) in [6.45, 7) is 12.2. The molecule has 6 aromatic carbocycles. The molecule has 9 rings (SSSR count). The zero-order valence-electron chi connectivity index (χ0n) is 33.0. The number of alkyl halides is 3. The molecule has 1 aliphatic carbocycles. The van der Waals surface area contributed by atoms with E-state index < -0.39 is 11.7 Å². The second-order valence-corrected chi connectivity index (χ2v) is 15.3. The van der Waals surface area contributed by atoms with E-state index >= 15 is 0 Å². The molecule has 2 heterocycles. The van der Waals surface area contributed by atoms with Crippen LogP contribution in [0.3, 0.4) is 0 Å². The third kappa shape index (κ3) is 6.24. The summed E-state index contributed by atoms with van der Waals surface area (Å²) in [6, 6.07) is 39.8. The quantitative estimate of drug-likeness (QED) is 0.151. The first-order chi connectivity index (χ1) is 29.0. The van der Waals surface area contributed by atoms with Crippen LogP contribution >= 0.6 is 0 Å². The van der Waals surface area contributed by atoms with Gasteiger partial charge in [0.2, 0.25) is 0 Å². The molecule has 0 radical (unpaired) electrons. The van der Waals surface area contributed by atoms with Gasteiger partial charge in [-0.2, -0.15) is 23.7 Å². The molecule has 0 saturated carbocycles. The number of hydrogen-bond acceptors (Lipinski definition) is 2. The Morgan fingerprint density at radius 3 is 1.88 bits per heavy atom. The molecule has 290 valence electrons. The minimum atomic E-state index is -4.70. The molecule has 0 spiro atoms. The fraction of sp³-hybridized carbons (Fsp3) is 0.0943. The summed E-state index contributed by atoms with van der Waals surface area (Å²) in [5.41, 5.74) is 10.5. The first-order valence-corrected chi connectivity index (χ1v) is 19.6. The minimum Gasteiger partial charge on any atom is -0.308 e. The van der Waals surface area contributed by atoms with Crippen LogP contribution in [0.1, 0.15) is 54.5 Å². The highest BCUT2D eigenvalue weighted by atomic mass is 19.4. The number of halogens is 3. The van der Waals surface area contributed by atoms with E-state index in [1.54, 1.807) is 18.2 Å². The highest BCUT2D eigenvalue weighted by molar-refractivity contribution is 6.12. The number of para-hydroxylation sites is 2. The van der Waals surface area contributed by atoms with E-state index in [0.29, 0.717) is 22.5 Å². The molecule has 7 heteroatoms. The van der Waals surface area contributed by atoms with Gasteiger partial charge in [0.25, 0.3) is 0 Å². The van der Waals surface area contributed by atoms with Crippen LogP contribution in [-0.2, 0) is 6.18 Å². The van der Waals surface area contributed by atoms with Crippen molar-refractivity contribution in [3.05, 3.63) is 192 Å². The largest absolute Gasteiger partial charge is 0.416 e. The Labute approximate surface area is 345 Å². The Morgan fingerprint density at radius 2 is 1.30 bits per heavy atom.